The van der Waals surface area contributed by atoms with Gasteiger partial charge in [0.25, 0.3) is 0 Å². The van der Waals surface area contributed by atoms with E-state index in [2.05, 4.69) is 5.32 Å². The Morgan fingerprint density at radius 1 is 1.30 bits per heavy atom. The molecule has 0 aliphatic rings. The summed E-state index contributed by atoms with van der Waals surface area (Å²) in [7, 11) is 0. The molecule has 1 amide bonds. The molecule has 0 spiro atoms. The Morgan fingerprint density at radius 3 is 2.96 bits per heavy atom. The lowest BCUT2D eigenvalue weighted by molar-refractivity contribution is -0.116. The number of carbonyl (C=O) groups is 1. The van der Waals surface area contributed by atoms with Crippen LogP contribution in [0, 0.1) is 0 Å². The Labute approximate surface area is 138 Å². The summed E-state index contributed by atoms with van der Waals surface area (Å²) in [6.07, 6.45) is 2.94. The van der Waals surface area contributed by atoms with E-state index in [1.165, 1.54) is 6.08 Å². The summed E-state index contributed by atoms with van der Waals surface area (Å²) in [5, 5.41) is 15.8. The Morgan fingerprint density at radius 2 is 2.17 bits per heavy atom. The number of furan rings is 1. The number of amides is 1. The molecule has 0 saturated carbocycles. The number of aliphatic hydroxyl groups excluding tert-OH is 1. The smallest absolute Gasteiger partial charge is 0.244 e. The quantitative estimate of drug-likeness (QED) is 0.678. The summed E-state index contributed by atoms with van der Waals surface area (Å²) in [5.74, 6) is 0.352. The van der Waals surface area contributed by atoms with Crippen molar-refractivity contribution in [3.05, 3.63) is 64.6 Å². The third kappa shape index (κ3) is 4.09. The molecule has 23 heavy (non-hydrogen) atoms. The first-order valence-electron chi connectivity index (χ1n) is 7.38. The van der Waals surface area contributed by atoms with Gasteiger partial charge in [-0.3, -0.25) is 4.79 Å². The van der Waals surface area contributed by atoms with Gasteiger partial charge in [0.15, 0.2) is 0 Å². The molecule has 3 rings (SSSR count). The fourth-order valence-corrected chi connectivity index (χ4v) is 2.86. The van der Waals surface area contributed by atoms with Crippen LogP contribution in [0.1, 0.15) is 23.2 Å². The third-order valence-corrected chi connectivity index (χ3v) is 4.27. The van der Waals surface area contributed by atoms with Crippen molar-refractivity contribution in [2.45, 2.75) is 12.5 Å². The lowest BCUT2D eigenvalue weighted by Crippen LogP contribution is -2.23. The highest BCUT2D eigenvalue weighted by Gasteiger charge is 2.13. The van der Waals surface area contributed by atoms with E-state index in [4.69, 9.17) is 4.42 Å². The average Bonchev–Trinajstić information content (AvgIpc) is 3.22. The van der Waals surface area contributed by atoms with Crippen molar-refractivity contribution in [3.63, 3.8) is 0 Å². The maximum absolute atomic E-state index is 11.7. The molecule has 0 fully saturated rings. The Hall–Kier alpha value is -2.37. The first-order chi connectivity index (χ1) is 11.2. The maximum atomic E-state index is 11.7. The number of nitrogens with one attached hydrogen (secondary N) is 1. The van der Waals surface area contributed by atoms with E-state index in [9.17, 15) is 9.90 Å². The van der Waals surface area contributed by atoms with Crippen LogP contribution >= 0.6 is 11.3 Å². The second-order valence-corrected chi connectivity index (χ2v) is 6.11. The van der Waals surface area contributed by atoms with Crippen LogP contribution in [0.4, 0.5) is 0 Å². The lowest BCUT2D eigenvalue weighted by atomic mass is 10.2. The van der Waals surface area contributed by atoms with E-state index in [0.29, 0.717) is 18.7 Å². The monoisotopic (exact) mass is 327 g/mol. The van der Waals surface area contributed by atoms with E-state index in [0.717, 1.165) is 15.8 Å². The zero-order valence-electron chi connectivity index (χ0n) is 12.4. The van der Waals surface area contributed by atoms with Crippen molar-refractivity contribution in [2.24, 2.45) is 0 Å². The number of rotatable bonds is 6. The largest absolute Gasteiger partial charge is 0.458 e. The molecule has 0 bridgehead atoms. The highest BCUT2D eigenvalue weighted by Crippen LogP contribution is 2.25. The van der Waals surface area contributed by atoms with Crippen molar-refractivity contribution in [1.82, 2.24) is 5.32 Å². The standard InChI is InChI=1S/C18H17NO3S/c20-15(17-12-13-4-1-2-6-16(13)22-17)9-10-19-18(21)8-7-14-5-3-11-23-14/h1-8,11-12,15,20H,9-10H2,(H,19,21). The van der Waals surface area contributed by atoms with E-state index in [1.807, 2.05) is 47.8 Å². The Kier molecular flexibility index (Phi) is 4.90. The fraction of sp³-hybridized carbons (Fsp3) is 0.167. The molecular formula is C18H17NO3S. The summed E-state index contributed by atoms with van der Waals surface area (Å²) in [5.41, 5.74) is 0.754. The van der Waals surface area contributed by atoms with Gasteiger partial charge in [-0.15, -0.1) is 11.3 Å². The number of hydrogen-bond acceptors (Lipinski definition) is 4. The molecule has 2 aromatic heterocycles. The predicted octanol–water partition coefficient (Wildman–Crippen LogP) is 3.75. The van der Waals surface area contributed by atoms with Gasteiger partial charge >= 0.3 is 0 Å². The minimum atomic E-state index is -0.732. The van der Waals surface area contributed by atoms with Crippen molar-refractivity contribution in [1.29, 1.82) is 0 Å². The lowest BCUT2D eigenvalue weighted by Gasteiger charge is -2.07. The first-order valence-corrected chi connectivity index (χ1v) is 8.26. The van der Waals surface area contributed by atoms with Gasteiger partial charge in [0, 0.05) is 22.9 Å². The SMILES string of the molecule is O=C(C=Cc1cccs1)NCCC(O)c1cc2ccccc2o1. The zero-order chi connectivity index (χ0) is 16.1. The minimum Gasteiger partial charge on any atom is -0.458 e. The number of hydrogen-bond donors (Lipinski definition) is 2. The zero-order valence-corrected chi connectivity index (χ0v) is 13.3. The summed E-state index contributed by atoms with van der Waals surface area (Å²) in [6.45, 7) is 0.381. The number of fused-ring (bicyclic) bond motifs is 1. The molecule has 0 radical (unpaired) electrons. The molecule has 1 aromatic carbocycles. The molecule has 118 valence electrons. The number of thiophene rings is 1. The number of carbonyl (C=O) groups excluding carboxylic acids is 1. The summed E-state index contributed by atoms with van der Waals surface area (Å²) < 4.78 is 5.61. The molecule has 4 nitrogen and oxygen atoms in total. The molecule has 0 aliphatic carbocycles. The van der Waals surface area contributed by atoms with Crippen molar-refractivity contribution in [3.8, 4) is 0 Å². The first kappa shape index (κ1) is 15.5. The second-order valence-electron chi connectivity index (χ2n) is 5.13. The van der Waals surface area contributed by atoms with Gasteiger partial charge in [0.2, 0.25) is 5.91 Å². The Bertz CT molecular complexity index is 772. The van der Waals surface area contributed by atoms with Crippen LogP contribution in [0.25, 0.3) is 17.0 Å². The van der Waals surface area contributed by atoms with Gasteiger partial charge in [0.1, 0.15) is 17.4 Å². The molecule has 3 aromatic rings. The Balaban J connectivity index is 1.49. The van der Waals surface area contributed by atoms with Gasteiger partial charge in [-0.05, 0) is 36.1 Å². The molecular weight excluding hydrogens is 310 g/mol. The van der Waals surface area contributed by atoms with Crippen LogP contribution in [0.5, 0.6) is 0 Å². The van der Waals surface area contributed by atoms with E-state index in [-0.39, 0.29) is 5.91 Å². The normalized spacial score (nSPS) is 12.7. The van der Waals surface area contributed by atoms with Crippen LogP contribution < -0.4 is 5.32 Å². The van der Waals surface area contributed by atoms with Crippen LogP contribution in [-0.2, 0) is 4.79 Å². The van der Waals surface area contributed by atoms with E-state index >= 15 is 0 Å². The highest BCUT2D eigenvalue weighted by atomic mass is 32.1. The van der Waals surface area contributed by atoms with Crippen molar-refractivity contribution < 1.29 is 14.3 Å². The topological polar surface area (TPSA) is 62.5 Å². The van der Waals surface area contributed by atoms with Crippen molar-refractivity contribution in [2.75, 3.05) is 6.54 Å². The predicted molar refractivity (Wildman–Crippen MR) is 92.2 cm³/mol. The van der Waals surface area contributed by atoms with Crippen LogP contribution in [0.15, 0.2) is 58.3 Å². The van der Waals surface area contributed by atoms with Gasteiger partial charge in [0.05, 0.1) is 0 Å². The van der Waals surface area contributed by atoms with E-state index in [1.54, 1.807) is 17.4 Å². The second kappa shape index (κ2) is 7.26. The molecule has 2 N–H and O–H groups in total. The molecule has 1 atom stereocenters. The average molecular weight is 327 g/mol. The van der Waals surface area contributed by atoms with Crippen molar-refractivity contribution >= 4 is 34.3 Å². The van der Waals surface area contributed by atoms with Gasteiger partial charge in [-0.1, -0.05) is 24.3 Å². The molecule has 0 saturated heterocycles. The van der Waals surface area contributed by atoms with Crippen LogP contribution in [0.3, 0.4) is 0 Å². The van der Waals surface area contributed by atoms with Gasteiger partial charge in [-0.2, -0.15) is 0 Å². The number of benzene rings is 1. The summed E-state index contributed by atoms with van der Waals surface area (Å²) in [6, 6.07) is 13.3. The fourth-order valence-electron chi connectivity index (χ4n) is 2.24. The number of para-hydroxylation sites is 1. The molecule has 2 heterocycles. The molecule has 1 unspecified atom stereocenters. The van der Waals surface area contributed by atoms with Crippen LogP contribution in [0.2, 0.25) is 0 Å². The van der Waals surface area contributed by atoms with E-state index < -0.39 is 6.10 Å². The van der Waals surface area contributed by atoms with Crippen LogP contribution in [-0.4, -0.2) is 17.6 Å². The molecule has 5 heteroatoms. The minimum absolute atomic E-state index is 0.171. The maximum Gasteiger partial charge on any atom is 0.244 e. The highest BCUT2D eigenvalue weighted by molar-refractivity contribution is 7.10. The third-order valence-electron chi connectivity index (χ3n) is 3.43. The molecule has 0 aliphatic heterocycles. The summed E-state index contributed by atoms with van der Waals surface area (Å²) >= 11 is 1.57. The van der Waals surface area contributed by atoms with Gasteiger partial charge in [-0.25, -0.2) is 0 Å². The summed E-state index contributed by atoms with van der Waals surface area (Å²) in [4.78, 5) is 12.7. The number of aliphatic hydroxyl groups is 1. The van der Waals surface area contributed by atoms with Gasteiger partial charge < -0.3 is 14.8 Å².